The minimum absolute atomic E-state index is 0.0670. The first kappa shape index (κ1) is 34.1. The second kappa shape index (κ2) is 15.6. The maximum absolute atomic E-state index is 13.4. The van der Waals surface area contributed by atoms with Crippen molar-refractivity contribution in [2.24, 2.45) is 0 Å². The fourth-order valence-corrected chi connectivity index (χ4v) is 7.11. The van der Waals surface area contributed by atoms with Gasteiger partial charge in [-0.25, -0.2) is 18.2 Å². The number of halogens is 2. The van der Waals surface area contributed by atoms with Crippen LogP contribution in [0.2, 0.25) is 10.0 Å². The largest absolute Gasteiger partial charge is 0.480 e. The van der Waals surface area contributed by atoms with E-state index in [4.69, 9.17) is 32.7 Å². The molecule has 0 aliphatic carbocycles. The van der Waals surface area contributed by atoms with Crippen molar-refractivity contribution in [1.29, 1.82) is 0 Å². The van der Waals surface area contributed by atoms with Gasteiger partial charge in [-0.1, -0.05) is 47.5 Å². The molecule has 0 aliphatic rings. The van der Waals surface area contributed by atoms with Gasteiger partial charge >= 0.3 is 5.97 Å². The smallest absolute Gasteiger partial charge is 0.344 e. The normalized spacial score (nSPS) is 11.6. The molecule has 1 aromatic heterocycles. The molecule has 0 unspecified atom stereocenters. The Balaban J connectivity index is 1.30. The SMILES string of the molecule is CCOC(=O)COc1ccc(CCCS(=O)(=O)c2ccc(Cl)cc2)cc1NC(=O)c1cccc(C=Cc2nc3cc(Cl)ccc3s2)c1. The maximum Gasteiger partial charge on any atom is 0.344 e. The Bertz CT molecular complexity index is 2040. The fourth-order valence-electron chi connectivity index (χ4n) is 4.66. The highest BCUT2D eigenvalue weighted by atomic mass is 35.5. The predicted molar refractivity (Wildman–Crippen MR) is 188 cm³/mol. The molecular weight excluding hydrogens is 679 g/mol. The molecule has 1 N–H and O–H groups in total. The Morgan fingerprint density at radius 1 is 0.936 bits per heavy atom. The number of esters is 1. The topological polar surface area (TPSA) is 112 Å². The zero-order valence-corrected chi connectivity index (χ0v) is 28.4. The van der Waals surface area contributed by atoms with E-state index >= 15 is 0 Å². The highest BCUT2D eigenvalue weighted by molar-refractivity contribution is 7.91. The number of nitrogens with one attached hydrogen (secondary N) is 1. The summed E-state index contributed by atoms with van der Waals surface area (Å²) in [6, 6.07) is 23.9. The number of rotatable bonds is 13. The number of hydrogen-bond acceptors (Lipinski definition) is 8. The summed E-state index contributed by atoms with van der Waals surface area (Å²) in [5.41, 5.74) is 3.14. The van der Waals surface area contributed by atoms with Gasteiger partial charge < -0.3 is 14.8 Å². The summed E-state index contributed by atoms with van der Waals surface area (Å²) in [4.78, 5) is 30.2. The molecule has 1 amide bonds. The van der Waals surface area contributed by atoms with Crippen LogP contribution in [0, 0.1) is 0 Å². The van der Waals surface area contributed by atoms with E-state index in [1.165, 1.54) is 23.5 Å². The molecule has 0 fully saturated rings. The Labute approximate surface area is 286 Å². The van der Waals surface area contributed by atoms with Crippen LogP contribution in [0.5, 0.6) is 5.75 Å². The average molecular weight is 710 g/mol. The number of aryl methyl sites for hydroxylation is 1. The molecule has 47 heavy (non-hydrogen) atoms. The molecule has 0 aliphatic heterocycles. The summed E-state index contributed by atoms with van der Waals surface area (Å²) in [5, 5.41) is 4.78. The summed E-state index contributed by atoms with van der Waals surface area (Å²) in [5.74, 6) is -0.728. The van der Waals surface area contributed by atoms with Crippen LogP contribution in [-0.2, 0) is 25.8 Å². The van der Waals surface area contributed by atoms with Crippen LogP contribution in [0.3, 0.4) is 0 Å². The van der Waals surface area contributed by atoms with E-state index in [9.17, 15) is 18.0 Å². The van der Waals surface area contributed by atoms with E-state index in [-0.39, 0.29) is 29.6 Å². The standard InChI is InChI=1S/C35H30Cl2N2O6S2/c1-2-44-34(40)22-45-31-15-8-24(6-4-18-47(42,43)28-13-10-26(36)11-14-28)20-29(31)39-35(41)25-7-3-5-23(19-25)9-17-33-38-30-21-27(37)12-16-32(30)46-33/h3,5,7-17,19-21H,2,4,6,18,22H2,1H3,(H,39,41). The zero-order chi connectivity index (χ0) is 33.4. The van der Waals surface area contributed by atoms with Gasteiger partial charge in [0, 0.05) is 15.6 Å². The average Bonchev–Trinajstić information content (AvgIpc) is 3.46. The molecule has 0 bridgehead atoms. The van der Waals surface area contributed by atoms with E-state index in [2.05, 4.69) is 10.3 Å². The van der Waals surface area contributed by atoms with Crippen molar-refractivity contribution in [3.63, 3.8) is 0 Å². The van der Waals surface area contributed by atoms with E-state index in [1.54, 1.807) is 55.5 Å². The Kier molecular flexibility index (Phi) is 11.3. The first-order chi connectivity index (χ1) is 22.6. The van der Waals surface area contributed by atoms with Crippen molar-refractivity contribution in [1.82, 2.24) is 4.98 Å². The number of carbonyl (C=O) groups is 2. The van der Waals surface area contributed by atoms with Crippen LogP contribution in [-0.4, -0.2) is 44.2 Å². The molecule has 0 spiro atoms. The number of amides is 1. The summed E-state index contributed by atoms with van der Waals surface area (Å²) in [7, 11) is -3.50. The van der Waals surface area contributed by atoms with Gasteiger partial charge in [-0.3, -0.25) is 4.79 Å². The van der Waals surface area contributed by atoms with Gasteiger partial charge in [0.15, 0.2) is 16.4 Å². The fraction of sp³-hybridized carbons (Fsp3) is 0.171. The molecular formula is C35H30Cl2N2O6S2. The lowest BCUT2D eigenvalue weighted by Gasteiger charge is -2.14. The van der Waals surface area contributed by atoms with Crippen LogP contribution in [0.25, 0.3) is 22.4 Å². The minimum Gasteiger partial charge on any atom is -0.480 e. The van der Waals surface area contributed by atoms with Crippen LogP contribution in [0.4, 0.5) is 5.69 Å². The van der Waals surface area contributed by atoms with Gasteiger partial charge in [-0.05, 0) is 104 Å². The minimum atomic E-state index is -3.50. The lowest BCUT2D eigenvalue weighted by atomic mass is 10.1. The van der Waals surface area contributed by atoms with Crippen molar-refractivity contribution in [2.75, 3.05) is 24.3 Å². The number of benzene rings is 4. The molecule has 5 rings (SSSR count). The third-order valence-electron chi connectivity index (χ3n) is 6.93. The number of aromatic nitrogens is 1. The molecule has 0 atom stereocenters. The lowest BCUT2D eigenvalue weighted by molar-refractivity contribution is -0.145. The summed E-state index contributed by atoms with van der Waals surface area (Å²) < 4.78 is 37.3. The van der Waals surface area contributed by atoms with E-state index in [1.807, 2.05) is 36.4 Å². The summed E-state index contributed by atoms with van der Waals surface area (Å²) in [6.45, 7) is 1.57. The van der Waals surface area contributed by atoms with Crippen LogP contribution in [0.1, 0.15) is 39.8 Å². The number of ether oxygens (including phenoxy) is 2. The Hall–Kier alpha value is -4.22. The highest BCUT2D eigenvalue weighted by Gasteiger charge is 2.16. The van der Waals surface area contributed by atoms with Gasteiger partial charge in [0.2, 0.25) is 0 Å². The number of nitrogens with zero attached hydrogens (tertiary/aromatic N) is 1. The molecule has 5 aromatic rings. The molecule has 242 valence electrons. The zero-order valence-electron chi connectivity index (χ0n) is 25.2. The van der Waals surface area contributed by atoms with Crippen molar-refractivity contribution in [3.05, 3.63) is 117 Å². The van der Waals surface area contributed by atoms with Crippen LogP contribution >= 0.6 is 34.5 Å². The first-order valence-electron chi connectivity index (χ1n) is 14.6. The molecule has 8 nitrogen and oxygen atoms in total. The van der Waals surface area contributed by atoms with Crippen LogP contribution < -0.4 is 10.1 Å². The van der Waals surface area contributed by atoms with Gasteiger partial charge in [0.25, 0.3) is 5.91 Å². The number of fused-ring (bicyclic) bond motifs is 1. The number of thiazole rings is 1. The quantitative estimate of drug-likeness (QED) is 0.122. The lowest BCUT2D eigenvalue weighted by Crippen LogP contribution is -2.17. The third-order valence-corrected chi connectivity index (χ3v) is 10.2. The van der Waals surface area contributed by atoms with Crippen molar-refractivity contribution in [3.8, 4) is 5.75 Å². The van der Waals surface area contributed by atoms with E-state index < -0.39 is 21.7 Å². The number of sulfone groups is 1. The van der Waals surface area contributed by atoms with E-state index in [0.29, 0.717) is 34.1 Å². The van der Waals surface area contributed by atoms with Gasteiger partial charge in [-0.2, -0.15) is 0 Å². The Morgan fingerprint density at radius 3 is 2.51 bits per heavy atom. The first-order valence-corrected chi connectivity index (χ1v) is 17.9. The van der Waals surface area contributed by atoms with Gasteiger partial charge in [0.1, 0.15) is 10.8 Å². The van der Waals surface area contributed by atoms with Crippen molar-refractivity contribution < 1.29 is 27.5 Å². The maximum atomic E-state index is 13.4. The second-order valence-corrected chi connectivity index (χ2v) is 14.4. The van der Waals surface area contributed by atoms with Crippen molar-refractivity contribution in [2.45, 2.75) is 24.7 Å². The number of anilines is 1. The second-order valence-electron chi connectivity index (χ2n) is 10.4. The Morgan fingerprint density at radius 2 is 1.72 bits per heavy atom. The molecule has 0 saturated carbocycles. The molecule has 12 heteroatoms. The van der Waals surface area contributed by atoms with Gasteiger partial charge in [0.05, 0.1) is 33.2 Å². The number of carbonyl (C=O) groups excluding carboxylic acids is 2. The molecule has 0 saturated heterocycles. The van der Waals surface area contributed by atoms with Crippen LogP contribution in [0.15, 0.2) is 89.8 Å². The molecule has 4 aromatic carbocycles. The summed E-state index contributed by atoms with van der Waals surface area (Å²) in [6.07, 6.45) is 4.53. The predicted octanol–water partition coefficient (Wildman–Crippen LogP) is 8.37. The van der Waals surface area contributed by atoms with E-state index in [0.717, 1.165) is 26.4 Å². The highest BCUT2D eigenvalue weighted by Crippen LogP contribution is 2.29. The van der Waals surface area contributed by atoms with Crippen molar-refractivity contribution >= 4 is 84.3 Å². The molecule has 0 radical (unpaired) electrons. The molecule has 1 heterocycles. The summed E-state index contributed by atoms with van der Waals surface area (Å²) >= 11 is 13.5. The van der Waals surface area contributed by atoms with Gasteiger partial charge in [-0.15, -0.1) is 11.3 Å². The monoisotopic (exact) mass is 708 g/mol. The third kappa shape index (κ3) is 9.42. The number of hydrogen-bond donors (Lipinski definition) is 1.